The molecule has 222 valence electrons. The Labute approximate surface area is 250 Å². The number of carbonyl (C=O) groups excluding carboxylic acids is 3. The second kappa shape index (κ2) is 12.6. The van der Waals surface area contributed by atoms with Crippen LogP contribution in [0.5, 0.6) is 5.75 Å². The summed E-state index contributed by atoms with van der Waals surface area (Å²) in [5.74, 6) is -0.0643. The van der Waals surface area contributed by atoms with Crippen molar-refractivity contribution in [1.29, 1.82) is 0 Å². The van der Waals surface area contributed by atoms with E-state index in [1.807, 2.05) is 0 Å². The lowest BCUT2D eigenvalue weighted by atomic mass is 9.76. The molecule has 4 rings (SSSR count). The van der Waals surface area contributed by atoms with E-state index in [4.69, 9.17) is 16.3 Å². The molecule has 2 aromatic rings. The van der Waals surface area contributed by atoms with Gasteiger partial charge in [0.1, 0.15) is 5.75 Å². The molecule has 1 heterocycles. The van der Waals surface area contributed by atoms with E-state index in [1.165, 1.54) is 16.0 Å². The summed E-state index contributed by atoms with van der Waals surface area (Å²) in [4.78, 5) is 39.8. The van der Waals surface area contributed by atoms with Gasteiger partial charge in [0.2, 0.25) is 17.7 Å². The third kappa shape index (κ3) is 6.63. The Morgan fingerprint density at radius 3 is 2.17 bits per heavy atom. The topological polar surface area (TPSA) is 75.7 Å². The Bertz CT molecular complexity index is 1280. The van der Waals surface area contributed by atoms with E-state index in [2.05, 4.69) is 65.1 Å². The van der Waals surface area contributed by atoms with Gasteiger partial charge in [0.25, 0.3) is 0 Å². The summed E-state index contributed by atoms with van der Waals surface area (Å²) in [6.07, 6.45) is 6.34. The van der Waals surface area contributed by atoms with Crippen molar-refractivity contribution >= 4 is 40.7 Å². The predicted octanol–water partition coefficient (Wildman–Crippen LogP) is 8.19. The zero-order valence-corrected chi connectivity index (χ0v) is 26.2. The number of hydrogen-bond acceptors (Lipinski definition) is 4. The van der Waals surface area contributed by atoms with Crippen LogP contribution in [0.25, 0.3) is 0 Å². The van der Waals surface area contributed by atoms with Crippen molar-refractivity contribution in [2.45, 2.75) is 104 Å². The Kier molecular flexibility index (Phi) is 9.52. The summed E-state index contributed by atoms with van der Waals surface area (Å²) in [7, 11) is 0. The third-order valence-electron chi connectivity index (χ3n) is 9.38. The van der Waals surface area contributed by atoms with Crippen molar-refractivity contribution in [2.75, 3.05) is 16.8 Å². The molecule has 1 saturated heterocycles. The fraction of sp³-hybridized carbons (Fsp3) is 0.559. The third-order valence-corrected chi connectivity index (χ3v) is 9.68. The van der Waals surface area contributed by atoms with Gasteiger partial charge < -0.3 is 10.1 Å². The number of benzene rings is 2. The fourth-order valence-electron chi connectivity index (χ4n) is 5.80. The van der Waals surface area contributed by atoms with E-state index in [9.17, 15) is 14.4 Å². The number of halogens is 1. The molecular weight excluding hydrogens is 536 g/mol. The van der Waals surface area contributed by atoms with Gasteiger partial charge in [0, 0.05) is 17.7 Å². The molecule has 1 saturated carbocycles. The Morgan fingerprint density at radius 1 is 0.951 bits per heavy atom. The zero-order chi connectivity index (χ0) is 29.9. The van der Waals surface area contributed by atoms with Gasteiger partial charge in [0.15, 0.2) is 0 Å². The van der Waals surface area contributed by atoms with Gasteiger partial charge in [-0.1, -0.05) is 78.1 Å². The molecule has 0 radical (unpaired) electrons. The normalized spacial score (nSPS) is 19.3. The molecule has 7 heteroatoms. The van der Waals surface area contributed by atoms with Crippen LogP contribution in [0.1, 0.15) is 104 Å². The predicted molar refractivity (Wildman–Crippen MR) is 166 cm³/mol. The Hall–Kier alpha value is -2.86. The average molecular weight is 581 g/mol. The molecule has 0 spiro atoms. The summed E-state index contributed by atoms with van der Waals surface area (Å²) < 4.78 is 6.21. The maximum atomic E-state index is 12.9. The molecule has 1 aliphatic carbocycles. The molecule has 3 amide bonds. The maximum absolute atomic E-state index is 12.9. The van der Waals surface area contributed by atoms with Gasteiger partial charge in [-0.05, 0) is 72.8 Å². The van der Waals surface area contributed by atoms with E-state index < -0.39 is 0 Å². The SMILES string of the molecule is CCC(C)(C)c1ccc(OCCCC(=O)Nc2ccc(N3C(=O)[C@H]4CCCC[C@H]4C3=O)c(Cl)c2)c(C(C)(C)CC)c1. The number of anilines is 2. The van der Waals surface area contributed by atoms with E-state index in [-0.39, 0.29) is 45.4 Å². The summed E-state index contributed by atoms with van der Waals surface area (Å²) in [5.41, 5.74) is 3.50. The Balaban J connectivity index is 1.34. The molecule has 2 fully saturated rings. The minimum absolute atomic E-state index is 0.0275. The van der Waals surface area contributed by atoms with Crippen LogP contribution in [0, 0.1) is 11.8 Å². The molecule has 2 aliphatic rings. The Morgan fingerprint density at radius 2 is 1.59 bits per heavy atom. The average Bonchev–Trinajstić information content (AvgIpc) is 3.20. The number of amides is 3. The smallest absolute Gasteiger partial charge is 0.237 e. The van der Waals surface area contributed by atoms with Crippen LogP contribution >= 0.6 is 11.6 Å². The van der Waals surface area contributed by atoms with Crippen LogP contribution in [0.3, 0.4) is 0 Å². The lowest BCUT2D eigenvalue weighted by Gasteiger charge is -2.30. The summed E-state index contributed by atoms with van der Waals surface area (Å²) in [6.45, 7) is 13.8. The van der Waals surface area contributed by atoms with Gasteiger partial charge in [-0.25, -0.2) is 4.90 Å². The molecule has 41 heavy (non-hydrogen) atoms. The molecule has 6 nitrogen and oxygen atoms in total. The van der Waals surface area contributed by atoms with Crippen LogP contribution in [-0.2, 0) is 25.2 Å². The first-order valence-electron chi connectivity index (χ1n) is 15.1. The molecular formula is C34H45ClN2O4. The number of rotatable bonds is 11. The highest BCUT2D eigenvalue weighted by Crippen LogP contribution is 2.42. The molecule has 0 bridgehead atoms. The van der Waals surface area contributed by atoms with E-state index in [0.29, 0.717) is 30.8 Å². The van der Waals surface area contributed by atoms with E-state index in [0.717, 1.165) is 44.3 Å². The first-order valence-corrected chi connectivity index (χ1v) is 15.5. The minimum atomic E-state index is -0.237. The van der Waals surface area contributed by atoms with Crippen LogP contribution in [0.4, 0.5) is 11.4 Å². The molecule has 1 N–H and O–H groups in total. The second-order valence-electron chi connectivity index (χ2n) is 12.9. The first kappa shape index (κ1) is 31.1. The number of fused-ring (bicyclic) bond motifs is 1. The first-order chi connectivity index (χ1) is 19.4. The van der Waals surface area contributed by atoms with Crippen LogP contribution in [-0.4, -0.2) is 24.3 Å². The molecule has 0 aromatic heterocycles. The largest absolute Gasteiger partial charge is 0.493 e. The van der Waals surface area contributed by atoms with E-state index >= 15 is 0 Å². The van der Waals surface area contributed by atoms with Crippen molar-refractivity contribution in [2.24, 2.45) is 11.8 Å². The van der Waals surface area contributed by atoms with Crippen molar-refractivity contribution < 1.29 is 19.1 Å². The number of nitrogens with one attached hydrogen (secondary N) is 1. The minimum Gasteiger partial charge on any atom is -0.493 e. The monoisotopic (exact) mass is 580 g/mol. The summed E-state index contributed by atoms with van der Waals surface area (Å²) in [5, 5.41) is 3.15. The number of nitrogens with zero attached hydrogens (tertiary/aromatic N) is 1. The van der Waals surface area contributed by atoms with Crippen molar-refractivity contribution in [3.8, 4) is 5.75 Å². The van der Waals surface area contributed by atoms with Gasteiger partial charge in [-0.15, -0.1) is 0 Å². The number of hydrogen-bond donors (Lipinski definition) is 1. The highest BCUT2D eigenvalue weighted by molar-refractivity contribution is 6.36. The van der Waals surface area contributed by atoms with Gasteiger partial charge in [-0.2, -0.15) is 0 Å². The van der Waals surface area contributed by atoms with Crippen LogP contribution < -0.4 is 15.0 Å². The second-order valence-corrected chi connectivity index (χ2v) is 13.3. The van der Waals surface area contributed by atoms with Gasteiger partial charge in [0.05, 0.1) is 29.2 Å². The summed E-state index contributed by atoms with van der Waals surface area (Å²) >= 11 is 6.51. The highest BCUT2D eigenvalue weighted by atomic mass is 35.5. The molecule has 2 aromatic carbocycles. The molecule has 2 atom stereocenters. The standard InChI is InChI=1S/C34H45ClN2O4/c1-7-33(3,4)22-15-18-29(26(20-22)34(5,6)8-2)41-19-11-14-30(38)36-23-16-17-28(27(35)21-23)37-31(39)24-12-9-10-13-25(24)32(37)40/h15-18,20-21,24-25H,7-14,19H2,1-6H3,(H,36,38)/t24-,25+. The van der Waals surface area contributed by atoms with Crippen LogP contribution in [0.15, 0.2) is 36.4 Å². The zero-order valence-electron chi connectivity index (χ0n) is 25.4. The van der Waals surface area contributed by atoms with Crippen molar-refractivity contribution in [1.82, 2.24) is 0 Å². The number of ether oxygens (including phenoxy) is 1. The van der Waals surface area contributed by atoms with Gasteiger partial charge in [-0.3, -0.25) is 14.4 Å². The number of carbonyl (C=O) groups is 3. The highest BCUT2D eigenvalue weighted by Gasteiger charge is 2.49. The van der Waals surface area contributed by atoms with Crippen molar-refractivity contribution in [3.05, 3.63) is 52.5 Å². The number of imide groups is 1. The van der Waals surface area contributed by atoms with Crippen molar-refractivity contribution in [3.63, 3.8) is 0 Å². The van der Waals surface area contributed by atoms with Crippen LogP contribution in [0.2, 0.25) is 5.02 Å². The van der Waals surface area contributed by atoms with E-state index in [1.54, 1.807) is 18.2 Å². The van der Waals surface area contributed by atoms with Gasteiger partial charge >= 0.3 is 0 Å². The fourth-order valence-corrected chi connectivity index (χ4v) is 6.07. The summed E-state index contributed by atoms with van der Waals surface area (Å²) in [6, 6.07) is 11.5. The molecule has 1 aliphatic heterocycles. The quantitative estimate of drug-likeness (QED) is 0.215. The lowest BCUT2D eigenvalue weighted by Crippen LogP contribution is -2.31. The lowest BCUT2D eigenvalue weighted by molar-refractivity contribution is -0.122. The molecule has 0 unspecified atom stereocenters. The maximum Gasteiger partial charge on any atom is 0.237 e.